The lowest BCUT2D eigenvalue weighted by Gasteiger charge is -2.18. The van der Waals surface area contributed by atoms with Crippen molar-refractivity contribution in [2.45, 2.75) is 53.0 Å². The predicted molar refractivity (Wildman–Crippen MR) is 114 cm³/mol. The van der Waals surface area contributed by atoms with Gasteiger partial charge in [-0.2, -0.15) is 0 Å². The topological polar surface area (TPSA) is 54.9 Å². The van der Waals surface area contributed by atoms with Gasteiger partial charge in [-0.05, 0) is 50.2 Å². The number of unbranched alkanes of at least 4 members (excludes halogenated alkanes) is 1. The summed E-state index contributed by atoms with van der Waals surface area (Å²) in [6, 6.07) is 9.13. The Morgan fingerprint density at radius 2 is 1.78 bits per heavy atom. The second-order valence-electron chi connectivity index (χ2n) is 7.28. The Hall–Kier alpha value is -1.59. The van der Waals surface area contributed by atoms with Crippen molar-refractivity contribution >= 4 is 5.96 Å². The fourth-order valence-corrected chi connectivity index (χ4v) is 2.77. The number of nitrogens with one attached hydrogen (secondary N) is 2. The smallest absolute Gasteiger partial charge is 0.191 e. The summed E-state index contributed by atoms with van der Waals surface area (Å²) < 4.78 is 10.4. The molecule has 1 aromatic rings. The van der Waals surface area contributed by atoms with Gasteiger partial charge in [0.05, 0.1) is 19.3 Å². The highest BCUT2D eigenvalue weighted by Crippen LogP contribution is 2.15. The Morgan fingerprint density at radius 1 is 1.04 bits per heavy atom. The van der Waals surface area contributed by atoms with Crippen LogP contribution >= 0.6 is 0 Å². The van der Waals surface area contributed by atoms with Crippen LogP contribution in [0.2, 0.25) is 0 Å². The molecule has 2 N–H and O–H groups in total. The summed E-state index contributed by atoms with van der Waals surface area (Å²) in [5.41, 5.74) is 2.67. The molecule has 5 nitrogen and oxygen atoms in total. The Balaban J connectivity index is 2.42. The minimum atomic E-state index is 0.216. The third-order valence-corrected chi connectivity index (χ3v) is 4.22. The molecule has 1 atom stereocenters. The maximum Gasteiger partial charge on any atom is 0.191 e. The molecular weight excluding hydrogens is 338 g/mol. The van der Waals surface area contributed by atoms with Gasteiger partial charge in [-0.1, -0.05) is 38.1 Å². The first-order valence-corrected chi connectivity index (χ1v) is 10.3. The number of benzene rings is 1. The second kappa shape index (κ2) is 14.5. The molecule has 1 unspecified atom stereocenters. The number of guanidine groups is 1. The lowest BCUT2D eigenvalue weighted by Crippen LogP contribution is -2.38. The summed E-state index contributed by atoms with van der Waals surface area (Å²) in [6.45, 7) is 12.5. The van der Waals surface area contributed by atoms with Crippen LogP contribution in [0.1, 0.15) is 57.7 Å². The van der Waals surface area contributed by atoms with Crippen molar-refractivity contribution in [3.63, 3.8) is 0 Å². The Bertz CT molecular complexity index is 515. The molecule has 0 aliphatic heterocycles. The lowest BCUT2D eigenvalue weighted by atomic mass is 10.00. The highest BCUT2D eigenvalue weighted by molar-refractivity contribution is 5.80. The summed E-state index contributed by atoms with van der Waals surface area (Å²) >= 11 is 0. The van der Waals surface area contributed by atoms with E-state index in [0.29, 0.717) is 19.1 Å². The quantitative estimate of drug-likeness (QED) is 0.310. The highest BCUT2D eigenvalue weighted by atomic mass is 16.5. The molecule has 0 heterocycles. The van der Waals surface area contributed by atoms with Gasteiger partial charge in [0.1, 0.15) is 0 Å². The maximum atomic E-state index is 5.48. The minimum Gasteiger partial charge on any atom is -0.382 e. The zero-order chi connectivity index (χ0) is 19.9. The van der Waals surface area contributed by atoms with E-state index in [1.807, 2.05) is 0 Å². The zero-order valence-corrected chi connectivity index (χ0v) is 17.9. The van der Waals surface area contributed by atoms with Crippen molar-refractivity contribution in [2.75, 3.05) is 40.0 Å². The maximum absolute atomic E-state index is 5.48. The molecule has 0 aliphatic rings. The van der Waals surface area contributed by atoms with Crippen molar-refractivity contribution in [2.24, 2.45) is 10.9 Å². The molecule has 0 radical (unpaired) electrons. The summed E-state index contributed by atoms with van der Waals surface area (Å²) in [5.74, 6) is 1.56. The van der Waals surface area contributed by atoms with Crippen LogP contribution < -0.4 is 10.6 Å². The number of rotatable bonds is 13. The third kappa shape index (κ3) is 11.0. The predicted octanol–water partition coefficient (Wildman–Crippen LogP) is 3.94. The first kappa shape index (κ1) is 23.4. The normalized spacial score (nSPS) is 13.0. The van der Waals surface area contributed by atoms with Crippen molar-refractivity contribution in [3.8, 4) is 0 Å². The van der Waals surface area contributed by atoms with Gasteiger partial charge in [0.15, 0.2) is 5.96 Å². The van der Waals surface area contributed by atoms with Gasteiger partial charge in [-0.25, -0.2) is 0 Å². The van der Waals surface area contributed by atoms with Crippen LogP contribution in [0.4, 0.5) is 0 Å². The van der Waals surface area contributed by atoms with Crippen LogP contribution in [0, 0.1) is 5.92 Å². The van der Waals surface area contributed by atoms with E-state index < -0.39 is 0 Å². The van der Waals surface area contributed by atoms with Gasteiger partial charge in [0, 0.05) is 26.8 Å². The van der Waals surface area contributed by atoms with Gasteiger partial charge in [0.25, 0.3) is 0 Å². The minimum absolute atomic E-state index is 0.216. The van der Waals surface area contributed by atoms with Crippen molar-refractivity contribution in [1.82, 2.24) is 10.6 Å². The average molecular weight is 378 g/mol. The SMILES string of the molecule is CCNC(=NCCCCOCCOC)NC(C)c1ccc(CC(C)C)cc1. The molecule has 0 amide bonds. The largest absolute Gasteiger partial charge is 0.382 e. The number of methoxy groups -OCH3 is 1. The number of ether oxygens (including phenoxy) is 2. The van der Waals surface area contributed by atoms with Gasteiger partial charge < -0.3 is 20.1 Å². The summed E-state index contributed by atoms with van der Waals surface area (Å²) in [6.07, 6.45) is 3.16. The van der Waals surface area contributed by atoms with Crippen molar-refractivity contribution in [3.05, 3.63) is 35.4 Å². The van der Waals surface area contributed by atoms with Crippen LogP contribution in [0.15, 0.2) is 29.3 Å². The monoisotopic (exact) mass is 377 g/mol. The third-order valence-electron chi connectivity index (χ3n) is 4.22. The molecule has 0 saturated heterocycles. The van der Waals surface area contributed by atoms with E-state index >= 15 is 0 Å². The number of nitrogens with zero attached hydrogens (tertiary/aromatic N) is 1. The van der Waals surface area contributed by atoms with Crippen LogP contribution in [0.5, 0.6) is 0 Å². The highest BCUT2D eigenvalue weighted by Gasteiger charge is 2.08. The number of hydrogen-bond donors (Lipinski definition) is 2. The molecule has 0 bridgehead atoms. The standard InChI is InChI=1S/C22H39N3O2/c1-6-23-22(24-13-7-8-14-27-16-15-26-5)25-19(4)21-11-9-20(10-12-21)17-18(2)3/h9-12,18-19H,6-8,13-17H2,1-5H3,(H2,23,24,25). The summed E-state index contributed by atoms with van der Waals surface area (Å²) in [5, 5.41) is 6.84. The van der Waals surface area contributed by atoms with E-state index in [1.165, 1.54) is 11.1 Å². The van der Waals surface area contributed by atoms with Gasteiger partial charge in [-0.3, -0.25) is 4.99 Å². The molecule has 0 aliphatic carbocycles. The van der Waals surface area contributed by atoms with E-state index in [1.54, 1.807) is 7.11 Å². The molecule has 1 aromatic carbocycles. The second-order valence-corrected chi connectivity index (χ2v) is 7.28. The van der Waals surface area contributed by atoms with Crippen LogP contribution in [0.3, 0.4) is 0 Å². The molecule has 0 fully saturated rings. The molecule has 154 valence electrons. The number of hydrogen-bond acceptors (Lipinski definition) is 3. The fraction of sp³-hybridized carbons (Fsp3) is 0.682. The van der Waals surface area contributed by atoms with E-state index in [0.717, 1.165) is 44.9 Å². The Labute approximate surface area is 165 Å². The average Bonchev–Trinajstić information content (AvgIpc) is 2.64. The summed E-state index contributed by atoms with van der Waals surface area (Å²) in [7, 11) is 1.69. The van der Waals surface area contributed by atoms with Crippen LogP contribution in [-0.4, -0.2) is 46.0 Å². The Morgan fingerprint density at radius 3 is 2.41 bits per heavy atom. The van der Waals surface area contributed by atoms with Crippen LogP contribution in [-0.2, 0) is 15.9 Å². The van der Waals surface area contributed by atoms with Crippen molar-refractivity contribution < 1.29 is 9.47 Å². The van der Waals surface area contributed by atoms with Crippen LogP contribution in [0.25, 0.3) is 0 Å². The molecule has 0 saturated carbocycles. The first-order chi connectivity index (χ1) is 13.1. The molecular formula is C22H39N3O2. The van der Waals surface area contributed by atoms with Gasteiger partial charge >= 0.3 is 0 Å². The van der Waals surface area contributed by atoms with Gasteiger partial charge in [0.2, 0.25) is 0 Å². The molecule has 5 heteroatoms. The fourth-order valence-electron chi connectivity index (χ4n) is 2.77. The van der Waals surface area contributed by atoms with Gasteiger partial charge in [-0.15, -0.1) is 0 Å². The van der Waals surface area contributed by atoms with E-state index in [-0.39, 0.29) is 6.04 Å². The van der Waals surface area contributed by atoms with E-state index in [4.69, 9.17) is 9.47 Å². The lowest BCUT2D eigenvalue weighted by molar-refractivity contribution is 0.0690. The molecule has 0 spiro atoms. The summed E-state index contributed by atoms with van der Waals surface area (Å²) in [4.78, 5) is 4.68. The number of aliphatic imine (C=N–C) groups is 1. The zero-order valence-electron chi connectivity index (χ0n) is 17.9. The molecule has 27 heavy (non-hydrogen) atoms. The van der Waals surface area contributed by atoms with E-state index in [9.17, 15) is 0 Å². The first-order valence-electron chi connectivity index (χ1n) is 10.3. The molecule has 0 aromatic heterocycles. The van der Waals surface area contributed by atoms with Crippen molar-refractivity contribution in [1.29, 1.82) is 0 Å². The molecule has 1 rings (SSSR count). The Kier molecular flexibility index (Phi) is 12.6. The van der Waals surface area contributed by atoms with E-state index in [2.05, 4.69) is 67.6 Å².